The Hall–Kier alpha value is -1.91. The lowest BCUT2D eigenvalue weighted by molar-refractivity contribution is -0.137. The number of carboxylic acids is 1. The van der Waals surface area contributed by atoms with Crippen molar-refractivity contribution in [1.29, 1.82) is 0 Å². The molecule has 0 radical (unpaired) electrons. The molecule has 0 fully saturated rings. The zero-order valence-electron chi connectivity index (χ0n) is 9.30. The van der Waals surface area contributed by atoms with Crippen molar-refractivity contribution in [1.82, 2.24) is 9.88 Å². The summed E-state index contributed by atoms with van der Waals surface area (Å²) in [6, 6.07) is 3.37. The molecule has 1 aromatic rings. The Labute approximate surface area is 93.7 Å². The molecule has 1 aromatic heterocycles. The van der Waals surface area contributed by atoms with Crippen LogP contribution >= 0.6 is 0 Å². The largest absolute Gasteiger partial charge is 0.480 e. The summed E-state index contributed by atoms with van der Waals surface area (Å²) in [4.78, 5) is 27.7. The van der Waals surface area contributed by atoms with Gasteiger partial charge in [0, 0.05) is 18.4 Å². The van der Waals surface area contributed by atoms with Gasteiger partial charge in [0.15, 0.2) is 0 Å². The van der Waals surface area contributed by atoms with Crippen LogP contribution in [0.2, 0.25) is 0 Å². The van der Waals surface area contributed by atoms with Crippen LogP contribution in [0.25, 0.3) is 0 Å². The van der Waals surface area contributed by atoms with Crippen LogP contribution in [0.5, 0.6) is 0 Å². The molecule has 86 valence electrons. The molecule has 1 amide bonds. The number of hydrogen-bond acceptors (Lipinski definition) is 3. The first-order valence-corrected chi connectivity index (χ1v) is 4.98. The number of rotatable bonds is 4. The van der Waals surface area contributed by atoms with E-state index in [0.717, 1.165) is 5.69 Å². The number of amides is 1. The highest BCUT2D eigenvalue weighted by Gasteiger charge is 2.16. The van der Waals surface area contributed by atoms with Crippen molar-refractivity contribution in [3.05, 3.63) is 29.6 Å². The lowest BCUT2D eigenvalue weighted by atomic mass is 10.2. The number of carbonyl (C=O) groups is 2. The molecule has 5 heteroatoms. The van der Waals surface area contributed by atoms with E-state index in [-0.39, 0.29) is 12.5 Å². The van der Waals surface area contributed by atoms with Crippen molar-refractivity contribution >= 4 is 11.9 Å². The smallest absolute Gasteiger partial charge is 0.323 e. The Bertz CT molecular complexity index is 387. The lowest BCUT2D eigenvalue weighted by Gasteiger charge is -2.18. The highest BCUT2D eigenvalue weighted by molar-refractivity contribution is 5.95. The van der Waals surface area contributed by atoms with Gasteiger partial charge >= 0.3 is 5.97 Å². The third-order valence-corrected chi connectivity index (χ3v) is 2.15. The predicted octanol–water partition coefficient (Wildman–Crippen LogP) is 0.937. The van der Waals surface area contributed by atoms with Crippen LogP contribution in [0, 0.1) is 6.92 Å². The molecule has 16 heavy (non-hydrogen) atoms. The van der Waals surface area contributed by atoms with Gasteiger partial charge in [0.05, 0.1) is 5.56 Å². The molecule has 0 bridgehead atoms. The highest BCUT2D eigenvalue weighted by Crippen LogP contribution is 2.04. The molecule has 0 aliphatic heterocycles. The summed E-state index contributed by atoms with van der Waals surface area (Å²) in [5.74, 6) is -1.33. The minimum atomic E-state index is -1.02. The Morgan fingerprint density at radius 1 is 1.44 bits per heavy atom. The quantitative estimate of drug-likeness (QED) is 0.822. The van der Waals surface area contributed by atoms with Crippen molar-refractivity contribution in [3.63, 3.8) is 0 Å². The molecule has 0 atom stereocenters. The number of aliphatic carboxylic acids is 1. The topological polar surface area (TPSA) is 70.5 Å². The first kappa shape index (κ1) is 12.2. The second-order valence-electron chi connectivity index (χ2n) is 3.40. The molecule has 1 heterocycles. The van der Waals surface area contributed by atoms with Crippen molar-refractivity contribution in [3.8, 4) is 0 Å². The van der Waals surface area contributed by atoms with Crippen LogP contribution in [-0.2, 0) is 4.79 Å². The third kappa shape index (κ3) is 3.05. The summed E-state index contributed by atoms with van der Waals surface area (Å²) in [6.45, 7) is 3.63. The summed E-state index contributed by atoms with van der Waals surface area (Å²) in [5.41, 5.74) is 1.23. The Balaban J connectivity index is 2.82. The van der Waals surface area contributed by atoms with Crippen LogP contribution < -0.4 is 0 Å². The molecule has 1 N–H and O–H groups in total. The van der Waals surface area contributed by atoms with E-state index in [0.29, 0.717) is 12.1 Å². The van der Waals surface area contributed by atoms with E-state index < -0.39 is 5.97 Å². The van der Waals surface area contributed by atoms with Gasteiger partial charge < -0.3 is 10.0 Å². The van der Waals surface area contributed by atoms with E-state index in [1.54, 1.807) is 19.1 Å². The van der Waals surface area contributed by atoms with Crippen LogP contribution in [0.15, 0.2) is 18.3 Å². The van der Waals surface area contributed by atoms with Crippen LogP contribution in [0.4, 0.5) is 0 Å². The number of hydrogen-bond donors (Lipinski definition) is 1. The highest BCUT2D eigenvalue weighted by atomic mass is 16.4. The van der Waals surface area contributed by atoms with Crippen molar-refractivity contribution in [2.45, 2.75) is 13.8 Å². The average Bonchev–Trinajstić information content (AvgIpc) is 2.25. The summed E-state index contributed by atoms with van der Waals surface area (Å²) >= 11 is 0. The lowest BCUT2D eigenvalue weighted by Crippen LogP contribution is -2.35. The van der Waals surface area contributed by atoms with Gasteiger partial charge in [-0.05, 0) is 26.0 Å². The standard InChI is InChI=1S/C11H14N2O3/c1-3-13(7-10(14)15)11(16)9-5-4-8(2)12-6-9/h4-6H,3,7H2,1-2H3,(H,14,15). The summed E-state index contributed by atoms with van der Waals surface area (Å²) in [5, 5.41) is 8.65. The second-order valence-corrected chi connectivity index (χ2v) is 3.40. The molecule has 0 saturated carbocycles. The van der Waals surface area contributed by atoms with Gasteiger partial charge in [-0.3, -0.25) is 14.6 Å². The maximum atomic E-state index is 11.8. The normalized spacial score (nSPS) is 9.88. The second kappa shape index (κ2) is 5.25. The van der Waals surface area contributed by atoms with Gasteiger partial charge in [0.25, 0.3) is 5.91 Å². The third-order valence-electron chi connectivity index (χ3n) is 2.15. The van der Waals surface area contributed by atoms with Gasteiger partial charge in [-0.1, -0.05) is 0 Å². The fourth-order valence-electron chi connectivity index (χ4n) is 1.27. The monoisotopic (exact) mass is 222 g/mol. The van der Waals surface area contributed by atoms with Crippen molar-refractivity contribution in [2.24, 2.45) is 0 Å². The SMILES string of the molecule is CCN(CC(=O)O)C(=O)c1ccc(C)nc1. The number of aromatic nitrogens is 1. The number of aryl methyl sites for hydroxylation is 1. The van der Waals surface area contributed by atoms with Crippen LogP contribution in [-0.4, -0.2) is 40.0 Å². The molecular weight excluding hydrogens is 208 g/mol. The molecule has 0 aliphatic rings. The summed E-state index contributed by atoms with van der Waals surface area (Å²) in [6.07, 6.45) is 1.46. The fraction of sp³-hybridized carbons (Fsp3) is 0.364. The minimum Gasteiger partial charge on any atom is -0.480 e. The summed E-state index contributed by atoms with van der Waals surface area (Å²) in [7, 11) is 0. The van der Waals surface area contributed by atoms with Gasteiger partial charge in [-0.2, -0.15) is 0 Å². The Morgan fingerprint density at radius 3 is 2.56 bits per heavy atom. The van der Waals surface area contributed by atoms with E-state index >= 15 is 0 Å². The average molecular weight is 222 g/mol. The van der Waals surface area contributed by atoms with Crippen molar-refractivity contribution in [2.75, 3.05) is 13.1 Å². The van der Waals surface area contributed by atoms with E-state index in [2.05, 4.69) is 4.98 Å². The molecule has 0 unspecified atom stereocenters. The fourth-order valence-corrected chi connectivity index (χ4v) is 1.27. The van der Waals surface area contributed by atoms with E-state index in [1.807, 2.05) is 6.92 Å². The Kier molecular flexibility index (Phi) is 3.99. The number of pyridine rings is 1. The molecule has 0 aliphatic carbocycles. The zero-order chi connectivity index (χ0) is 12.1. The van der Waals surface area contributed by atoms with Gasteiger partial charge in [0.2, 0.25) is 0 Å². The van der Waals surface area contributed by atoms with E-state index in [9.17, 15) is 9.59 Å². The molecular formula is C11H14N2O3. The van der Waals surface area contributed by atoms with Gasteiger partial charge in [-0.15, -0.1) is 0 Å². The molecule has 0 aromatic carbocycles. The number of carbonyl (C=O) groups excluding carboxylic acids is 1. The number of likely N-dealkylation sites (N-methyl/N-ethyl adjacent to an activating group) is 1. The zero-order valence-corrected chi connectivity index (χ0v) is 9.30. The first-order valence-electron chi connectivity index (χ1n) is 4.98. The van der Waals surface area contributed by atoms with Crippen LogP contribution in [0.3, 0.4) is 0 Å². The Morgan fingerprint density at radius 2 is 2.12 bits per heavy atom. The predicted molar refractivity (Wildman–Crippen MR) is 58.2 cm³/mol. The van der Waals surface area contributed by atoms with E-state index in [4.69, 9.17) is 5.11 Å². The minimum absolute atomic E-state index is 0.288. The molecule has 5 nitrogen and oxygen atoms in total. The molecule has 0 spiro atoms. The maximum absolute atomic E-state index is 11.8. The van der Waals surface area contributed by atoms with Gasteiger partial charge in [-0.25, -0.2) is 0 Å². The molecule has 0 saturated heterocycles. The van der Waals surface area contributed by atoms with E-state index in [1.165, 1.54) is 11.1 Å². The summed E-state index contributed by atoms with van der Waals surface area (Å²) < 4.78 is 0. The van der Waals surface area contributed by atoms with Gasteiger partial charge in [0.1, 0.15) is 6.54 Å². The number of carboxylic acid groups (broad SMARTS) is 1. The van der Waals surface area contributed by atoms with Crippen molar-refractivity contribution < 1.29 is 14.7 Å². The van der Waals surface area contributed by atoms with Crippen LogP contribution in [0.1, 0.15) is 23.0 Å². The number of nitrogens with zero attached hydrogens (tertiary/aromatic N) is 2. The first-order chi connectivity index (χ1) is 7.54. The molecule has 1 rings (SSSR count). The maximum Gasteiger partial charge on any atom is 0.323 e.